The molecule has 0 radical (unpaired) electrons. The molecule has 0 amide bonds. The van der Waals surface area contributed by atoms with E-state index in [2.05, 4.69) is 6.92 Å². The summed E-state index contributed by atoms with van der Waals surface area (Å²) in [6.45, 7) is 2.43. The lowest BCUT2D eigenvalue weighted by atomic mass is 9.67. The van der Waals surface area contributed by atoms with Crippen molar-refractivity contribution in [2.45, 2.75) is 96.3 Å². The molecular formula is C26H38F2. The lowest BCUT2D eigenvalue weighted by Gasteiger charge is -2.38. The van der Waals surface area contributed by atoms with Gasteiger partial charge in [-0.2, -0.15) is 0 Å². The summed E-state index contributed by atoms with van der Waals surface area (Å²) >= 11 is 0. The highest BCUT2D eigenvalue weighted by Crippen LogP contribution is 2.45. The lowest BCUT2D eigenvalue weighted by molar-refractivity contribution is 0.135. The van der Waals surface area contributed by atoms with E-state index in [1.54, 1.807) is 6.07 Å². The molecule has 0 heterocycles. The Morgan fingerprint density at radius 3 is 1.79 bits per heavy atom. The molecule has 3 aliphatic rings. The number of benzene rings is 1. The molecule has 0 saturated heterocycles. The van der Waals surface area contributed by atoms with Gasteiger partial charge in [0.1, 0.15) is 0 Å². The van der Waals surface area contributed by atoms with Gasteiger partial charge in [-0.05, 0) is 111 Å². The van der Waals surface area contributed by atoms with E-state index in [4.69, 9.17) is 0 Å². The molecule has 0 spiro atoms. The molecule has 2 heteroatoms. The molecule has 0 N–H and O–H groups in total. The van der Waals surface area contributed by atoms with E-state index in [0.29, 0.717) is 5.92 Å². The average molecular weight is 389 g/mol. The van der Waals surface area contributed by atoms with E-state index in [0.717, 1.165) is 48.0 Å². The highest BCUT2D eigenvalue weighted by Gasteiger charge is 2.31. The van der Waals surface area contributed by atoms with E-state index in [1.807, 2.05) is 0 Å². The molecular weight excluding hydrogens is 350 g/mol. The van der Waals surface area contributed by atoms with Crippen LogP contribution in [-0.4, -0.2) is 0 Å². The van der Waals surface area contributed by atoms with Crippen molar-refractivity contribution < 1.29 is 8.78 Å². The van der Waals surface area contributed by atoms with Gasteiger partial charge >= 0.3 is 0 Å². The minimum atomic E-state index is -0.726. The van der Waals surface area contributed by atoms with Crippen LogP contribution in [0.4, 0.5) is 8.78 Å². The Morgan fingerprint density at radius 2 is 1.21 bits per heavy atom. The predicted octanol–water partition coefficient (Wildman–Crippen LogP) is 8.26. The summed E-state index contributed by atoms with van der Waals surface area (Å²) in [5.41, 5.74) is 1.000. The van der Waals surface area contributed by atoms with Crippen LogP contribution in [0.2, 0.25) is 0 Å². The highest BCUT2D eigenvalue weighted by atomic mass is 19.2. The van der Waals surface area contributed by atoms with Gasteiger partial charge < -0.3 is 0 Å². The van der Waals surface area contributed by atoms with Crippen LogP contribution < -0.4 is 0 Å². The summed E-state index contributed by atoms with van der Waals surface area (Å²) in [5, 5.41) is 0. The fourth-order valence-electron chi connectivity index (χ4n) is 6.62. The summed E-state index contributed by atoms with van der Waals surface area (Å²) in [6.07, 6.45) is 18.0. The standard InChI is InChI=1S/C26H38F2/c1-18-2-8-21(9-3-18)22-10-4-19(5-11-22)16-20-6-12-23(13-7-20)24-14-15-25(27)26(28)17-24/h14-15,17-23H,2-13,16H2,1H3. The minimum absolute atomic E-state index is 0.427. The molecule has 0 aromatic heterocycles. The smallest absolute Gasteiger partial charge is 0.159 e. The summed E-state index contributed by atoms with van der Waals surface area (Å²) in [6, 6.07) is 4.51. The Bertz CT molecular complexity index is 615. The summed E-state index contributed by atoms with van der Waals surface area (Å²) in [5.74, 6) is 3.84. The Hall–Kier alpha value is -0.920. The van der Waals surface area contributed by atoms with Crippen LogP contribution in [0.25, 0.3) is 0 Å². The quantitative estimate of drug-likeness (QED) is 0.487. The van der Waals surface area contributed by atoms with E-state index < -0.39 is 11.6 Å². The first kappa shape index (κ1) is 20.4. The van der Waals surface area contributed by atoms with Crippen LogP contribution in [0, 0.1) is 41.2 Å². The van der Waals surface area contributed by atoms with Crippen molar-refractivity contribution in [1.29, 1.82) is 0 Å². The fraction of sp³-hybridized carbons (Fsp3) is 0.769. The van der Waals surface area contributed by atoms with Crippen LogP contribution in [0.5, 0.6) is 0 Å². The van der Waals surface area contributed by atoms with Gasteiger partial charge in [-0.3, -0.25) is 0 Å². The molecule has 3 fully saturated rings. The van der Waals surface area contributed by atoms with Gasteiger partial charge in [-0.25, -0.2) is 8.78 Å². The minimum Gasteiger partial charge on any atom is -0.204 e. The molecule has 1 aromatic carbocycles. The van der Waals surface area contributed by atoms with Gasteiger partial charge in [0.05, 0.1) is 0 Å². The zero-order valence-electron chi connectivity index (χ0n) is 17.6. The second kappa shape index (κ2) is 9.26. The molecule has 0 unspecified atom stereocenters. The molecule has 3 aliphatic carbocycles. The SMILES string of the molecule is CC1CCC(C2CCC(CC3CCC(c4ccc(F)c(F)c4)CC3)CC2)CC1. The molecule has 156 valence electrons. The van der Waals surface area contributed by atoms with E-state index in [9.17, 15) is 8.78 Å². The van der Waals surface area contributed by atoms with Crippen LogP contribution in [0.15, 0.2) is 18.2 Å². The number of rotatable bonds is 4. The van der Waals surface area contributed by atoms with Gasteiger partial charge in [0.15, 0.2) is 11.6 Å². The maximum absolute atomic E-state index is 13.5. The van der Waals surface area contributed by atoms with Crippen LogP contribution in [-0.2, 0) is 0 Å². The second-order valence-corrected chi connectivity index (χ2v) is 10.4. The highest BCUT2D eigenvalue weighted by molar-refractivity contribution is 5.22. The Balaban J connectivity index is 1.19. The zero-order valence-corrected chi connectivity index (χ0v) is 17.6. The van der Waals surface area contributed by atoms with Crippen molar-refractivity contribution in [1.82, 2.24) is 0 Å². The van der Waals surface area contributed by atoms with E-state index >= 15 is 0 Å². The fourth-order valence-corrected chi connectivity index (χ4v) is 6.62. The van der Waals surface area contributed by atoms with Crippen molar-refractivity contribution in [3.63, 3.8) is 0 Å². The summed E-state index contributed by atoms with van der Waals surface area (Å²) in [7, 11) is 0. The largest absolute Gasteiger partial charge is 0.204 e. The van der Waals surface area contributed by atoms with Gasteiger partial charge in [-0.15, -0.1) is 0 Å². The van der Waals surface area contributed by atoms with Crippen LogP contribution in [0.3, 0.4) is 0 Å². The number of hydrogen-bond donors (Lipinski definition) is 0. The van der Waals surface area contributed by atoms with Crippen LogP contribution in [0.1, 0.15) is 102 Å². The maximum Gasteiger partial charge on any atom is 0.159 e. The lowest BCUT2D eigenvalue weighted by Crippen LogP contribution is -2.26. The Labute approximate surface area is 170 Å². The van der Waals surface area contributed by atoms with Crippen molar-refractivity contribution in [3.05, 3.63) is 35.4 Å². The first-order valence-corrected chi connectivity index (χ1v) is 12.0. The zero-order chi connectivity index (χ0) is 19.5. The van der Waals surface area contributed by atoms with E-state index in [1.165, 1.54) is 82.8 Å². The second-order valence-electron chi connectivity index (χ2n) is 10.4. The topological polar surface area (TPSA) is 0 Å². The van der Waals surface area contributed by atoms with Crippen molar-refractivity contribution in [2.24, 2.45) is 29.6 Å². The van der Waals surface area contributed by atoms with Gasteiger partial charge in [-0.1, -0.05) is 38.7 Å². The molecule has 1 aromatic rings. The molecule has 0 aliphatic heterocycles. The van der Waals surface area contributed by atoms with Crippen molar-refractivity contribution in [2.75, 3.05) is 0 Å². The summed E-state index contributed by atoms with van der Waals surface area (Å²) in [4.78, 5) is 0. The first-order chi connectivity index (χ1) is 13.6. The molecule has 28 heavy (non-hydrogen) atoms. The van der Waals surface area contributed by atoms with Gasteiger partial charge in [0.2, 0.25) is 0 Å². The normalized spacial score (nSPS) is 37.0. The predicted molar refractivity (Wildman–Crippen MR) is 112 cm³/mol. The monoisotopic (exact) mass is 388 g/mol. The molecule has 0 bridgehead atoms. The average Bonchev–Trinajstić information content (AvgIpc) is 2.72. The summed E-state index contributed by atoms with van der Waals surface area (Å²) < 4.78 is 26.7. The molecule has 0 atom stereocenters. The molecule has 0 nitrogen and oxygen atoms in total. The number of halogens is 2. The van der Waals surface area contributed by atoms with E-state index in [-0.39, 0.29) is 0 Å². The first-order valence-electron chi connectivity index (χ1n) is 12.0. The Kier molecular flexibility index (Phi) is 6.74. The van der Waals surface area contributed by atoms with Crippen LogP contribution >= 0.6 is 0 Å². The van der Waals surface area contributed by atoms with Gasteiger partial charge in [0, 0.05) is 0 Å². The maximum atomic E-state index is 13.5. The third-order valence-corrected chi connectivity index (χ3v) is 8.55. The van der Waals surface area contributed by atoms with Gasteiger partial charge in [0.25, 0.3) is 0 Å². The molecule has 4 rings (SSSR count). The van der Waals surface area contributed by atoms with Crippen molar-refractivity contribution in [3.8, 4) is 0 Å². The number of hydrogen-bond acceptors (Lipinski definition) is 0. The van der Waals surface area contributed by atoms with Crippen molar-refractivity contribution >= 4 is 0 Å². The Morgan fingerprint density at radius 1 is 0.679 bits per heavy atom. The third-order valence-electron chi connectivity index (χ3n) is 8.55. The third kappa shape index (κ3) is 4.97. The molecule has 3 saturated carbocycles.